The number of carboxylic acid groups (broad SMARTS) is 2. The summed E-state index contributed by atoms with van der Waals surface area (Å²) in [6, 6.07) is 0. The molecule has 0 aliphatic heterocycles. The lowest BCUT2D eigenvalue weighted by atomic mass is 9.54. The molecule has 2 N–H and O–H groups in total. The van der Waals surface area contributed by atoms with Gasteiger partial charge in [0.2, 0.25) is 0 Å². The van der Waals surface area contributed by atoms with E-state index < -0.39 is 22.8 Å². The molecule has 25 heavy (non-hydrogen) atoms. The highest BCUT2D eigenvalue weighted by Crippen LogP contribution is 2.55. The number of unbranched alkanes of at least 4 members (excludes halogenated alkanes) is 4. The van der Waals surface area contributed by atoms with Crippen molar-refractivity contribution in [2.24, 2.45) is 16.7 Å². The summed E-state index contributed by atoms with van der Waals surface area (Å²) in [5.41, 5.74) is -2.33. The molecule has 0 bridgehead atoms. The van der Waals surface area contributed by atoms with E-state index in [1.165, 1.54) is 6.42 Å². The third-order valence-electron chi connectivity index (χ3n) is 5.93. The van der Waals surface area contributed by atoms with E-state index in [1.807, 2.05) is 19.1 Å². The second-order valence-electron chi connectivity index (χ2n) is 8.10. The molecule has 0 aromatic carbocycles. The SMILES string of the molecule is CCCCC1(C(=O)O)CC=CCC1(CCCCCCC(C)C)C(=O)O. The Hall–Kier alpha value is -1.32. The van der Waals surface area contributed by atoms with Crippen molar-refractivity contribution in [3.05, 3.63) is 12.2 Å². The van der Waals surface area contributed by atoms with Crippen molar-refractivity contribution < 1.29 is 19.8 Å². The van der Waals surface area contributed by atoms with Gasteiger partial charge in [0, 0.05) is 0 Å². The van der Waals surface area contributed by atoms with Gasteiger partial charge < -0.3 is 10.2 Å². The topological polar surface area (TPSA) is 74.6 Å². The number of aliphatic carboxylic acids is 2. The van der Waals surface area contributed by atoms with Gasteiger partial charge in [-0.3, -0.25) is 9.59 Å². The molecule has 0 spiro atoms. The van der Waals surface area contributed by atoms with Crippen LogP contribution < -0.4 is 0 Å². The van der Waals surface area contributed by atoms with Gasteiger partial charge in [-0.2, -0.15) is 0 Å². The van der Waals surface area contributed by atoms with Crippen LogP contribution in [0.3, 0.4) is 0 Å². The first-order valence-electron chi connectivity index (χ1n) is 9.94. The van der Waals surface area contributed by atoms with Crippen LogP contribution in [0.4, 0.5) is 0 Å². The average molecular weight is 353 g/mol. The zero-order valence-corrected chi connectivity index (χ0v) is 16.2. The van der Waals surface area contributed by atoms with Gasteiger partial charge in [0.15, 0.2) is 0 Å². The Labute approximate surface area is 152 Å². The molecule has 0 fully saturated rings. The normalized spacial score (nSPS) is 26.1. The van der Waals surface area contributed by atoms with Crippen LogP contribution in [0.2, 0.25) is 0 Å². The molecule has 1 aliphatic carbocycles. The van der Waals surface area contributed by atoms with Gasteiger partial charge in [0.05, 0.1) is 10.8 Å². The van der Waals surface area contributed by atoms with Crippen molar-refractivity contribution in [1.82, 2.24) is 0 Å². The van der Waals surface area contributed by atoms with Crippen LogP contribution in [0.1, 0.15) is 91.4 Å². The van der Waals surface area contributed by atoms with E-state index in [9.17, 15) is 19.8 Å². The Morgan fingerprint density at radius 2 is 1.36 bits per heavy atom. The predicted molar refractivity (Wildman–Crippen MR) is 101 cm³/mol. The zero-order valence-electron chi connectivity index (χ0n) is 16.2. The van der Waals surface area contributed by atoms with Crippen LogP contribution in [0.5, 0.6) is 0 Å². The van der Waals surface area contributed by atoms with Crippen LogP contribution in [0.25, 0.3) is 0 Å². The molecule has 4 nitrogen and oxygen atoms in total. The van der Waals surface area contributed by atoms with Crippen molar-refractivity contribution in [1.29, 1.82) is 0 Å². The fraction of sp³-hybridized carbons (Fsp3) is 0.810. The second kappa shape index (κ2) is 9.98. The maximum Gasteiger partial charge on any atom is 0.311 e. The minimum Gasteiger partial charge on any atom is -0.481 e. The van der Waals surface area contributed by atoms with E-state index in [0.29, 0.717) is 31.6 Å². The molecule has 0 saturated heterocycles. The summed E-state index contributed by atoms with van der Waals surface area (Å²) in [5, 5.41) is 20.1. The van der Waals surface area contributed by atoms with Crippen molar-refractivity contribution in [3.8, 4) is 0 Å². The molecular weight excluding hydrogens is 316 g/mol. The minimum atomic E-state index is -1.17. The lowest BCUT2D eigenvalue weighted by Crippen LogP contribution is -2.53. The van der Waals surface area contributed by atoms with E-state index in [0.717, 1.165) is 38.5 Å². The van der Waals surface area contributed by atoms with E-state index in [2.05, 4.69) is 13.8 Å². The maximum atomic E-state index is 12.3. The van der Waals surface area contributed by atoms with Gasteiger partial charge in [0.25, 0.3) is 0 Å². The Kier molecular flexibility index (Phi) is 8.67. The zero-order chi connectivity index (χ0) is 18.9. The molecule has 2 unspecified atom stereocenters. The number of hydrogen-bond acceptors (Lipinski definition) is 2. The Morgan fingerprint density at radius 3 is 1.80 bits per heavy atom. The first kappa shape index (κ1) is 21.7. The molecule has 1 rings (SSSR count). The van der Waals surface area contributed by atoms with Crippen LogP contribution in [-0.2, 0) is 9.59 Å². The molecule has 0 aromatic rings. The van der Waals surface area contributed by atoms with E-state index in [-0.39, 0.29) is 0 Å². The first-order chi connectivity index (χ1) is 11.8. The lowest BCUT2D eigenvalue weighted by Gasteiger charge is -2.46. The molecule has 144 valence electrons. The number of hydrogen-bond donors (Lipinski definition) is 2. The highest BCUT2D eigenvalue weighted by atomic mass is 16.4. The summed E-state index contributed by atoms with van der Waals surface area (Å²) >= 11 is 0. The molecule has 2 atom stereocenters. The maximum absolute atomic E-state index is 12.3. The van der Waals surface area contributed by atoms with Crippen LogP contribution >= 0.6 is 0 Å². The minimum absolute atomic E-state index is 0.335. The van der Waals surface area contributed by atoms with Crippen molar-refractivity contribution in [2.45, 2.75) is 91.4 Å². The second-order valence-corrected chi connectivity index (χ2v) is 8.10. The van der Waals surface area contributed by atoms with Gasteiger partial charge in [-0.25, -0.2) is 0 Å². The van der Waals surface area contributed by atoms with Crippen LogP contribution in [0.15, 0.2) is 12.2 Å². The molecular formula is C21H36O4. The fourth-order valence-corrected chi connectivity index (χ4v) is 4.25. The summed E-state index contributed by atoms with van der Waals surface area (Å²) < 4.78 is 0. The highest BCUT2D eigenvalue weighted by Gasteiger charge is 2.60. The number of allylic oxidation sites excluding steroid dienone is 2. The molecule has 1 aliphatic rings. The van der Waals surface area contributed by atoms with E-state index >= 15 is 0 Å². The summed E-state index contributed by atoms with van der Waals surface area (Å²) in [4.78, 5) is 24.5. The third kappa shape index (κ3) is 5.08. The summed E-state index contributed by atoms with van der Waals surface area (Å²) in [6.07, 6.45) is 12.2. The quantitative estimate of drug-likeness (QED) is 0.351. The van der Waals surface area contributed by atoms with Crippen molar-refractivity contribution in [2.75, 3.05) is 0 Å². The molecule has 0 amide bonds. The third-order valence-corrected chi connectivity index (χ3v) is 5.93. The Bertz CT molecular complexity index is 469. The summed E-state index contributed by atoms with van der Waals surface area (Å²) in [5.74, 6) is -1.17. The number of rotatable bonds is 12. The van der Waals surface area contributed by atoms with Crippen molar-refractivity contribution >= 4 is 11.9 Å². The molecule has 4 heteroatoms. The van der Waals surface area contributed by atoms with Crippen molar-refractivity contribution in [3.63, 3.8) is 0 Å². The Balaban J connectivity index is 2.88. The smallest absolute Gasteiger partial charge is 0.311 e. The Morgan fingerprint density at radius 1 is 0.880 bits per heavy atom. The number of carboxylic acids is 2. The summed E-state index contributed by atoms with van der Waals surface area (Å²) in [6.45, 7) is 6.44. The van der Waals surface area contributed by atoms with Crippen LogP contribution in [0, 0.1) is 16.7 Å². The monoisotopic (exact) mass is 352 g/mol. The first-order valence-corrected chi connectivity index (χ1v) is 9.94. The van der Waals surface area contributed by atoms with Gasteiger partial charge in [-0.1, -0.05) is 77.9 Å². The van der Waals surface area contributed by atoms with E-state index in [1.54, 1.807) is 0 Å². The largest absolute Gasteiger partial charge is 0.481 e. The standard InChI is InChI=1S/C21H36O4/c1-4-5-13-20(18(22)23)15-10-11-16-21(20,19(24)25)14-9-7-6-8-12-17(2)3/h10-11,17H,4-9,12-16H2,1-3H3,(H,22,23)(H,24,25). The van der Waals surface area contributed by atoms with Gasteiger partial charge >= 0.3 is 11.9 Å². The molecule has 0 radical (unpaired) electrons. The highest BCUT2D eigenvalue weighted by molar-refractivity contribution is 5.87. The van der Waals surface area contributed by atoms with Gasteiger partial charge in [-0.15, -0.1) is 0 Å². The van der Waals surface area contributed by atoms with Gasteiger partial charge in [-0.05, 0) is 31.6 Å². The molecule has 0 heterocycles. The van der Waals surface area contributed by atoms with Crippen LogP contribution in [-0.4, -0.2) is 22.2 Å². The lowest BCUT2D eigenvalue weighted by molar-refractivity contribution is -0.177. The molecule has 0 aromatic heterocycles. The van der Waals surface area contributed by atoms with Gasteiger partial charge in [0.1, 0.15) is 0 Å². The summed E-state index contributed by atoms with van der Waals surface area (Å²) in [7, 11) is 0. The predicted octanol–water partition coefficient (Wildman–Crippen LogP) is 5.67. The average Bonchev–Trinajstić information content (AvgIpc) is 2.56. The van der Waals surface area contributed by atoms with E-state index in [4.69, 9.17) is 0 Å². The fourth-order valence-electron chi connectivity index (χ4n) is 4.25. The molecule has 0 saturated carbocycles. The number of carbonyl (C=O) groups is 2.